The molecular formula is C19H24ClN3O3S+2. The predicted molar refractivity (Wildman–Crippen MR) is 106 cm³/mol. The molecule has 1 aliphatic heterocycles. The van der Waals surface area contributed by atoms with Crippen molar-refractivity contribution >= 4 is 40.5 Å². The maximum Gasteiger partial charge on any atom is 0.337 e. The zero-order chi connectivity index (χ0) is 19.2. The summed E-state index contributed by atoms with van der Waals surface area (Å²) >= 11 is 7.64. The fraction of sp³-hybridized carbons (Fsp3) is 0.368. The van der Waals surface area contributed by atoms with E-state index >= 15 is 0 Å². The number of piperazine rings is 1. The van der Waals surface area contributed by atoms with Crippen LogP contribution in [0.1, 0.15) is 15.2 Å². The standard InChI is InChI=1S/C19H22ClN3O3S/c1-26-19(25)14-2-4-15(5-3-14)21-18(24)13-23-10-8-22(9-11-23)12-16-6-7-17(20)27-16/h2-7H,8-13H2,1H3,(H,21,24)/p+2. The van der Waals surface area contributed by atoms with Crippen molar-refractivity contribution in [3.63, 3.8) is 0 Å². The zero-order valence-corrected chi connectivity index (χ0v) is 16.8. The number of methoxy groups -OCH3 is 1. The maximum atomic E-state index is 12.3. The molecule has 0 bridgehead atoms. The number of thiophene rings is 1. The quantitative estimate of drug-likeness (QED) is 0.593. The maximum absolute atomic E-state index is 12.3. The smallest absolute Gasteiger partial charge is 0.337 e. The van der Waals surface area contributed by atoms with Crippen LogP contribution in [0.25, 0.3) is 0 Å². The molecule has 1 fully saturated rings. The van der Waals surface area contributed by atoms with Gasteiger partial charge in [0.15, 0.2) is 6.54 Å². The molecule has 0 saturated carbocycles. The molecule has 0 atom stereocenters. The highest BCUT2D eigenvalue weighted by atomic mass is 35.5. The van der Waals surface area contributed by atoms with E-state index in [0.29, 0.717) is 17.8 Å². The Labute approximate surface area is 167 Å². The topological polar surface area (TPSA) is 64.3 Å². The number of halogens is 1. The van der Waals surface area contributed by atoms with Gasteiger partial charge in [-0.25, -0.2) is 4.79 Å². The first kappa shape index (κ1) is 19.8. The van der Waals surface area contributed by atoms with E-state index in [1.165, 1.54) is 21.8 Å². The number of carbonyl (C=O) groups excluding carboxylic acids is 2. The lowest BCUT2D eigenvalue weighted by atomic mass is 10.2. The molecule has 27 heavy (non-hydrogen) atoms. The highest BCUT2D eigenvalue weighted by Gasteiger charge is 2.25. The summed E-state index contributed by atoms with van der Waals surface area (Å²) in [6, 6.07) is 10.8. The number of anilines is 1. The normalized spacial score (nSPS) is 19.5. The summed E-state index contributed by atoms with van der Waals surface area (Å²) in [7, 11) is 1.35. The molecule has 1 aliphatic rings. The van der Waals surface area contributed by atoms with Crippen LogP contribution in [0, 0.1) is 0 Å². The van der Waals surface area contributed by atoms with Gasteiger partial charge in [-0.1, -0.05) is 11.6 Å². The minimum absolute atomic E-state index is 0.00990. The highest BCUT2D eigenvalue weighted by Crippen LogP contribution is 2.20. The second kappa shape index (κ2) is 9.32. The largest absolute Gasteiger partial charge is 0.465 e. The van der Waals surface area contributed by atoms with Crippen molar-refractivity contribution in [3.8, 4) is 0 Å². The lowest BCUT2D eigenvalue weighted by Crippen LogP contribution is -3.28. The van der Waals surface area contributed by atoms with Gasteiger partial charge in [-0.05, 0) is 36.4 Å². The van der Waals surface area contributed by atoms with Crippen LogP contribution in [0.2, 0.25) is 4.34 Å². The van der Waals surface area contributed by atoms with Gasteiger partial charge in [0.25, 0.3) is 5.91 Å². The van der Waals surface area contributed by atoms with Gasteiger partial charge in [-0.2, -0.15) is 0 Å². The Morgan fingerprint density at radius 3 is 2.33 bits per heavy atom. The zero-order valence-electron chi connectivity index (χ0n) is 15.2. The molecule has 144 valence electrons. The average Bonchev–Trinajstić information content (AvgIpc) is 3.08. The van der Waals surface area contributed by atoms with Crippen LogP contribution in [0.3, 0.4) is 0 Å². The number of esters is 1. The van der Waals surface area contributed by atoms with Crippen LogP contribution in [0.15, 0.2) is 36.4 Å². The number of rotatable bonds is 6. The molecule has 2 aromatic rings. The van der Waals surface area contributed by atoms with Crippen LogP contribution >= 0.6 is 22.9 Å². The lowest BCUT2D eigenvalue weighted by molar-refractivity contribution is -1.01. The molecule has 0 radical (unpaired) electrons. The minimum Gasteiger partial charge on any atom is -0.465 e. The number of amides is 1. The number of hydrogen-bond acceptors (Lipinski definition) is 4. The van der Waals surface area contributed by atoms with Crippen LogP contribution in [0.5, 0.6) is 0 Å². The van der Waals surface area contributed by atoms with Crippen molar-refractivity contribution in [2.75, 3.05) is 45.2 Å². The van der Waals surface area contributed by atoms with Gasteiger partial charge in [-0.15, -0.1) is 11.3 Å². The number of carbonyl (C=O) groups is 2. The first-order valence-corrected chi connectivity index (χ1v) is 10.1. The minimum atomic E-state index is -0.387. The molecule has 0 unspecified atom stereocenters. The molecule has 8 heteroatoms. The Hall–Kier alpha value is -1.93. The van der Waals surface area contributed by atoms with E-state index in [1.54, 1.807) is 35.6 Å². The molecule has 0 aliphatic carbocycles. The highest BCUT2D eigenvalue weighted by molar-refractivity contribution is 7.16. The molecule has 3 N–H and O–H groups in total. The lowest BCUT2D eigenvalue weighted by Gasteiger charge is -2.29. The molecular weight excluding hydrogens is 386 g/mol. The summed E-state index contributed by atoms with van der Waals surface area (Å²) in [6.45, 7) is 5.50. The molecule has 1 aromatic carbocycles. The second-order valence-corrected chi connectivity index (χ2v) is 8.48. The summed E-state index contributed by atoms with van der Waals surface area (Å²) in [4.78, 5) is 27.9. The molecule has 1 aromatic heterocycles. The van der Waals surface area contributed by atoms with Crippen LogP contribution < -0.4 is 15.1 Å². The number of benzene rings is 1. The van der Waals surface area contributed by atoms with E-state index in [0.717, 1.165) is 37.1 Å². The number of ether oxygens (including phenoxy) is 1. The van der Waals surface area contributed by atoms with Crippen molar-refractivity contribution in [3.05, 3.63) is 51.2 Å². The van der Waals surface area contributed by atoms with E-state index in [2.05, 4.69) is 16.1 Å². The van der Waals surface area contributed by atoms with Crippen molar-refractivity contribution < 1.29 is 24.1 Å². The fourth-order valence-electron chi connectivity index (χ4n) is 3.24. The van der Waals surface area contributed by atoms with Gasteiger partial charge in [0.2, 0.25) is 0 Å². The third-order valence-corrected chi connectivity index (χ3v) is 5.95. The summed E-state index contributed by atoms with van der Waals surface area (Å²) in [5.74, 6) is -0.396. The fourth-order valence-corrected chi connectivity index (χ4v) is 4.40. The molecule has 1 amide bonds. The van der Waals surface area contributed by atoms with Gasteiger partial charge >= 0.3 is 5.97 Å². The Morgan fingerprint density at radius 2 is 1.74 bits per heavy atom. The van der Waals surface area contributed by atoms with E-state index in [4.69, 9.17) is 11.6 Å². The van der Waals surface area contributed by atoms with E-state index < -0.39 is 0 Å². The molecule has 0 spiro atoms. The van der Waals surface area contributed by atoms with Crippen molar-refractivity contribution in [2.45, 2.75) is 6.54 Å². The SMILES string of the molecule is COC(=O)c1ccc(NC(=O)C[NH+]2CC[NH+](Cc3ccc(Cl)s3)CC2)cc1. The predicted octanol–water partition coefficient (Wildman–Crippen LogP) is 0.110. The van der Waals surface area contributed by atoms with Crippen LogP contribution in [-0.2, 0) is 16.1 Å². The van der Waals surface area contributed by atoms with Gasteiger partial charge in [0, 0.05) is 5.69 Å². The Morgan fingerprint density at radius 1 is 1.07 bits per heavy atom. The first-order valence-electron chi connectivity index (χ1n) is 8.93. The second-order valence-electron chi connectivity index (χ2n) is 6.68. The third kappa shape index (κ3) is 5.77. The Kier molecular flexibility index (Phi) is 6.84. The van der Waals surface area contributed by atoms with Gasteiger partial charge in [0.05, 0.1) is 21.9 Å². The van der Waals surface area contributed by atoms with Crippen LogP contribution in [-0.4, -0.2) is 51.7 Å². The van der Waals surface area contributed by atoms with E-state index in [9.17, 15) is 9.59 Å². The first-order chi connectivity index (χ1) is 13.0. The van der Waals surface area contributed by atoms with Crippen LogP contribution in [0.4, 0.5) is 5.69 Å². The molecule has 3 rings (SSSR count). The van der Waals surface area contributed by atoms with Crippen molar-refractivity contribution in [1.29, 1.82) is 0 Å². The van der Waals surface area contributed by atoms with Gasteiger partial charge in [-0.3, -0.25) is 4.79 Å². The van der Waals surface area contributed by atoms with Gasteiger partial charge in [0.1, 0.15) is 32.7 Å². The average molecular weight is 410 g/mol. The summed E-state index contributed by atoms with van der Waals surface area (Å²) < 4.78 is 5.51. The molecule has 1 saturated heterocycles. The number of quaternary nitrogens is 2. The summed E-state index contributed by atoms with van der Waals surface area (Å²) in [5.41, 5.74) is 1.15. The number of hydrogen-bond donors (Lipinski definition) is 3. The summed E-state index contributed by atoms with van der Waals surface area (Å²) in [6.07, 6.45) is 0. The van der Waals surface area contributed by atoms with E-state index in [-0.39, 0.29) is 11.9 Å². The molecule has 6 nitrogen and oxygen atoms in total. The van der Waals surface area contributed by atoms with E-state index in [1.807, 2.05) is 6.07 Å². The number of nitrogens with one attached hydrogen (secondary N) is 3. The van der Waals surface area contributed by atoms with Crippen molar-refractivity contribution in [1.82, 2.24) is 0 Å². The monoisotopic (exact) mass is 409 g/mol. The third-order valence-electron chi connectivity index (χ3n) is 4.72. The summed E-state index contributed by atoms with van der Waals surface area (Å²) in [5, 5.41) is 2.90. The van der Waals surface area contributed by atoms with Gasteiger partial charge < -0.3 is 19.9 Å². The molecule has 2 heterocycles. The Balaban J connectivity index is 1.42. The Bertz CT molecular complexity index is 786. The van der Waals surface area contributed by atoms with Crippen molar-refractivity contribution in [2.24, 2.45) is 0 Å².